The van der Waals surface area contributed by atoms with Gasteiger partial charge in [0, 0.05) is 39.3 Å². The predicted molar refractivity (Wildman–Crippen MR) is 267 cm³/mol. The Morgan fingerprint density at radius 1 is 0.562 bits per heavy atom. The first-order valence-electron chi connectivity index (χ1n) is 22.7. The maximum absolute atomic E-state index is 5.40. The van der Waals surface area contributed by atoms with E-state index in [0.717, 1.165) is 53.7 Å². The monoisotopic (exact) mass is 820 g/mol. The number of hydrogen-bond donors (Lipinski definition) is 0. The largest absolute Gasteiger partial charge is 0.333 e. The molecule has 0 saturated carbocycles. The number of para-hydroxylation sites is 1. The van der Waals surface area contributed by atoms with Crippen molar-refractivity contribution in [1.82, 2.24) is 14.5 Å². The summed E-state index contributed by atoms with van der Waals surface area (Å²) in [5, 5.41) is 4.93. The second-order valence-corrected chi connectivity index (χ2v) is 17.5. The summed E-state index contributed by atoms with van der Waals surface area (Å²) in [5.74, 6) is 0.892. The first-order chi connectivity index (χ1) is 31.7. The third-order valence-corrected chi connectivity index (χ3v) is 13.8. The van der Waals surface area contributed by atoms with Crippen LogP contribution in [0.15, 0.2) is 200 Å². The summed E-state index contributed by atoms with van der Waals surface area (Å²) in [7, 11) is 0. The van der Waals surface area contributed by atoms with Gasteiger partial charge >= 0.3 is 0 Å². The summed E-state index contributed by atoms with van der Waals surface area (Å²) in [4.78, 5) is 13.2. The van der Waals surface area contributed by atoms with Crippen molar-refractivity contribution in [3.05, 3.63) is 228 Å². The fourth-order valence-electron chi connectivity index (χ4n) is 10.9. The molecule has 4 nitrogen and oxygen atoms in total. The first-order valence-corrected chi connectivity index (χ1v) is 22.7. The van der Waals surface area contributed by atoms with Crippen molar-refractivity contribution in [3.63, 3.8) is 0 Å². The molecule has 0 fully saturated rings. The number of benzene rings is 7. The van der Waals surface area contributed by atoms with Gasteiger partial charge < -0.3 is 4.90 Å². The highest BCUT2D eigenvalue weighted by Crippen LogP contribution is 2.53. The van der Waals surface area contributed by atoms with E-state index in [9.17, 15) is 0 Å². The van der Waals surface area contributed by atoms with Crippen LogP contribution in [0.1, 0.15) is 53.3 Å². The molecule has 0 N–H and O–H groups in total. The Kier molecular flexibility index (Phi) is 8.58. The number of hydrogen-bond acceptors (Lipinski definition) is 3. The third kappa shape index (κ3) is 5.97. The first kappa shape index (κ1) is 36.8. The Labute approximate surface area is 373 Å². The van der Waals surface area contributed by atoms with Gasteiger partial charge in [-0.3, -0.25) is 4.57 Å². The smallest absolute Gasteiger partial charge is 0.235 e. The quantitative estimate of drug-likeness (QED) is 0.168. The standard InChI is InChI=1S/C60H44N4/c1-4-16-39(17-5-1)45-34-46(40-18-6-2-7-19-40)36-47(35-45)63-56-32-30-44(38-52(56)58-48-23-11-10-20-41(48)28-33-57(58)63)43-29-31-55-51(37-43)49-24-13-15-27-54(49)64(55)60-61-53-26-14-12-25-50(53)59(62-60)42-21-8-3-9-22-42/h1-8,10-14,16-21,23-26,28-38,52,56H,9,15,22,27H2. The van der Waals surface area contributed by atoms with E-state index in [1.807, 2.05) is 0 Å². The molecule has 13 rings (SSSR count). The van der Waals surface area contributed by atoms with Gasteiger partial charge in [-0.25, -0.2) is 9.97 Å². The Balaban J connectivity index is 0.952. The average molecular weight is 821 g/mol. The molecule has 3 heterocycles. The number of anilines is 2. The minimum atomic E-state index is 0.105. The van der Waals surface area contributed by atoms with E-state index in [2.05, 4.69) is 216 Å². The average Bonchev–Trinajstić information content (AvgIpc) is 3.89. The van der Waals surface area contributed by atoms with E-state index in [1.54, 1.807) is 0 Å². The van der Waals surface area contributed by atoms with Crippen molar-refractivity contribution < 1.29 is 0 Å². The lowest BCUT2D eigenvalue weighted by atomic mass is 9.84. The predicted octanol–water partition coefficient (Wildman–Crippen LogP) is 15.0. The zero-order valence-electron chi connectivity index (χ0n) is 35.4. The molecule has 0 radical (unpaired) electrons. The van der Waals surface area contributed by atoms with E-state index >= 15 is 0 Å². The zero-order chi connectivity index (χ0) is 42.1. The SMILES string of the molecule is C1=CCCC(c2nc(-n3c4c(c5cc(C6=CC7c8c(ccc9ccccc89)N(c8cc(-c9ccccc9)cc(-c9ccccc9)c8)C7C=C6)ccc53)C=CCC4)nc3ccccc23)=C1. The lowest BCUT2D eigenvalue weighted by Crippen LogP contribution is -2.29. The van der Waals surface area contributed by atoms with Gasteiger partial charge in [0.25, 0.3) is 0 Å². The molecule has 4 aliphatic rings. The molecule has 0 amide bonds. The van der Waals surface area contributed by atoms with Crippen LogP contribution in [-0.4, -0.2) is 20.6 Å². The number of fused-ring (bicyclic) bond motifs is 9. The molecule has 2 atom stereocenters. The van der Waals surface area contributed by atoms with Crippen molar-refractivity contribution in [2.24, 2.45) is 0 Å². The van der Waals surface area contributed by atoms with Gasteiger partial charge in [0.05, 0.1) is 22.8 Å². The highest BCUT2D eigenvalue weighted by atomic mass is 15.2. The van der Waals surface area contributed by atoms with Crippen LogP contribution in [0.4, 0.5) is 11.4 Å². The maximum Gasteiger partial charge on any atom is 0.235 e. The molecule has 9 aromatic rings. The van der Waals surface area contributed by atoms with E-state index < -0.39 is 0 Å². The number of nitrogens with zero attached hydrogens (tertiary/aromatic N) is 4. The molecule has 2 unspecified atom stereocenters. The summed E-state index contributed by atoms with van der Waals surface area (Å²) >= 11 is 0. The van der Waals surface area contributed by atoms with Crippen LogP contribution in [0, 0.1) is 0 Å². The Morgan fingerprint density at radius 3 is 2.11 bits per heavy atom. The van der Waals surface area contributed by atoms with Crippen LogP contribution < -0.4 is 4.90 Å². The van der Waals surface area contributed by atoms with Crippen LogP contribution in [0.5, 0.6) is 0 Å². The van der Waals surface area contributed by atoms with Crippen molar-refractivity contribution >= 4 is 61.2 Å². The van der Waals surface area contributed by atoms with Crippen LogP contribution >= 0.6 is 0 Å². The second-order valence-electron chi connectivity index (χ2n) is 17.5. The summed E-state index contributed by atoms with van der Waals surface area (Å²) < 4.78 is 2.35. The normalized spacial score (nSPS) is 17.4. The minimum Gasteiger partial charge on any atom is -0.333 e. The summed E-state index contributed by atoms with van der Waals surface area (Å²) in [6.45, 7) is 0. The lowest BCUT2D eigenvalue weighted by molar-refractivity contribution is 0.750. The molecule has 0 spiro atoms. The molecule has 0 saturated heterocycles. The van der Waals surface area contributed by atoms with Crippen LogP contribution in [0.25, 0.3) is 78.0 Å². The molecule has 3 aliphatic carbocycles. The van der Waals surface area contributed by atoms with Crippen molar-refractivity contribution in [1.29, 1.82) is 0 Å². The van der Waals surface area contributed by atoms with Crippen LogP contribution in [0.3, 0.4) is 0 Å². The number of aromatic nitrogens is 3. The van der Waals surface area contributed by atoms with E-state index in [-0.39, 0.29) is 12.0 Å². The Morgan fingerprint density at radius 2 is 1.31 bits per heavy atom. The summed E-state index contributed by atoms with van der Waals surface area (Å²) in [6, 6.07) is 57.9. The minimum absolute atomic E-state index is 0.105. The van der Waals surface area contributed by atoms with E-state index in [0.29, 0.717) is 0 Å². The third-order valence-electron chi connectivity index (χ3n) is 13.8. The number of rotatable bonds is 6. The fourth-order valence-corrected chi connectivity index (χ4v) is 10.9. The molecular weight excluding hydrogens is 777 g/mol. The molecule has 64 heavy (non-hydrogen) atoms. The van der Waals surface area contributed by atoms with Crippen LogP contribution in [0.2, 0.25) is 0 Å². The molecule has 1 aliphatic heterocycles. The van der Waals surface area contributed by atoms with E-state index in [4.69, 9.17) is 9.97 Å². The fraction of sp³-hybridized carbons (Fsp3) is 0.100. The lowest BCUT2D eigenvalue weighted by Gasteiger charge is -2.30. The van der Waals surface area contributed by atoms with Gasteiger partial charge in [-0.2, -0.15) is 0 Å². The summed E-state index contributed by atoms with van der Waals surface area (Å²) in [5.41, 5.74) is 18.1. The van der Waals surface area contributed by atoms with Gasteiger partial charge in [-0.1, -0.05) is 164 Å². The Hall–Kier alpha value is -7.82. The molecule has 304 valence electrons. The van der Waals surface area contributed by atoms with Gasteiger partial charge in [-0.15, -0.1) is 0 Å². The molecular formula is C60H44N4. The Bertz CT molecular complexity index is 3450. The molecule has 0 bridgehead atoms. The van der Waals surface area contributed by atoms with Gasteiger partial charge in [0.2, 0.25) is 5.95 Å². The van der Waals surface area contributed by atoms with Crippen molar-refractivity contribution in [2.75, 3.05) is 4.90 Å². The van der Waals surface area contributed by atoms with Gasteiger partial charge in [0.15, 0.2) is 0 Å². The topological polar surface area (TPSA) is 34.0 Å². The highest BCUT2D eigenvalue weighted by molar-refractivity contribution is 5.99. The molecule has 2 aromatic heterocycles. The number of allylic oxidation sites excluding steroid dienone is 7. The second kappa shape index (κ2) is 14.9. The van der Waals surface area contributed by atoms with Crippen molar-refractivity contribution in [2.45, 2.75) is 37.6 Å². The van der Waals surface area contributed by atoms with Gasteiger partial charge in [-0.05, 0) is 123 Å². The highest BCUT2D eigenvalue weighted by Gasteiger charge is 2.40. The summed E-state index contributed by atoms with van der Waals surface area (Å²) in [6.07, 6.45) is 22.6. The molecule has 4 heteroatoms. The molecule has 7 aromatic carbocycles. The van der Waals surface area contributed by atoms with Crippen molar-refractivity contribution in [3.8, 4) is 28.2 Å². The van der Waals surface area contributed by atoms with Crippen LogP contribution in [-0.2, 0) is 6.42 Å². The zero-order valence-corrected chi connectivity index (χ0v) is 35.4. The maximum atomic E-state index is 5.40. The van der Waals surface area contributed by atoms with E-state index in [1.165, 1.54) is 83.3 Å². The van der Waals surface area contributed by atoms with Gasteiger partial charge in [0.1, 0.15) is 0 Å².